The van der Waals surface area contributed by atoms with Crippen molar-refractivity contribution in [1.29, 1.82) is 0 Å². The number of carbonyl (C=O) groups excluding carboxylic acids is 1. The number of aromatic nitrogens is 1. The lowest BCUT2D eigenvalue weighted by atomic mass is 10.1. The summed E-state index contributed by atoms with van der Waals surface area (Å²) in [6.45, 7) is 2.55. The number of anilines is 1. The molecule has 2 aromatic carbocycles. The van der Waals surface area contributed by atoms with Gasteiger partial charge in [0.25, 0.3) is 0 Å². The molecule has 126 valence electrons. The van der Waals surface area contributed by atoms with Gasteiger partial charge in [-0.3, -0.25) is 4.79 Å². The minimum Gasteiger partial charge on any atom is -0.356 e. The highest BCUT2D eigenvalue weighted by molar-refractivity contribution is 5.97. The van der Waals surface area contributed by atoms with Gasteiger partial charge in [0.2, 0.25) is 5.91 Å². The third kappa shape index (κ3) is 3.05. The molecule has 2 heterocycles. The van der Waals surface area contributed by atoms with Crippen LogP contribution in [0.25, 0.3) is 11.3 Å². The molecule has 0 saturated carbocycles. The number of hydrogen-bond acceptors (Lipinski definition) is 3. The van der Waals surface area contributed by atoms with E-state index in [-0.39, 0.29) is 18.1 Å². The number of benzene rings is 2. The van der Waals surface area contributed by atoms with E-state index in [0.29, 0.717) is 6.54 Å². The van der Waals surface area contributed by atoms with Crippen LogP contribution in [0, 0.1) is 12.7 Å². The molecule has 1 aliphatic heterocycles. The number of fused-ring (bicyclic) bond motifs is 1. The molecule has 4 rings (SSSR count). The molecule has 25 heavy (non-hydrogen) atoms. The highest BCUT2D eigenvalue weighted by Crippen LogP contribution is 2.33. The molecule has 1 aliphatic rings. The van der Waals surface area contributed by atoms with Gasteiger partial charge < -0.3 is 9.42 Å². The van der Waals surface area contributed by atoms with E-state index >= 15 is 0 Å². The summed E-state index contributed by atoms with van der Waals surface area (Å²) in [6, 6.07) is 13.9. The Kier molecular flexibility index (Phi) is 3.84. The number of amides is 1. The Hall–Kier alpha value is -2.95. The van der Waals surface area contributed by atoms with Crippen molar-refractivity contribution in [2.75, 3.05) is 11.4 Å². The lowest BCUT2D eigenvalue weighted by molar-refractivity contribution is -0.117. The van der Waals surface area contributed by atoms with Gasteiger partial charge in [0.15, 0.2) is 5.76 Å². The Labute approximate surface area is 144 Å². The minimum atomic E-state index is -0.294. The zero-order valence-electron chi connectivity index (χ0n) is 13.8. The number of nitrogens with zero attached hydrogens (tertiary/aromatic N) is 2. The van der Waals surface area contributed by atoms with E-state index in [1.807, 2.05) is 25.1 Å². The lowest BCUT2D eigenvalue weighted by Crippen LogP contribution is -2.30. The average Bonchev–Trinajstić information content (AvgIpc) is 3.22. The fraction of sp³-hybridized carbons (Fsp3) is 0.200. The van der Waals surface area contributed by atoms with Crippen molar-refractivity contribution in [2.24, 2.45) is 0 Å². The van der Waals surface area contributed by atoms with Crippen LogP contribution in [-0.2, 0) is 17.6 Å². The number of carbonyl (C=O) groups is 1. The van der Waals surface area contributed by atoms with Crippen LogP contribution >= 0.6 is 0 Å². The molecule has 3 aromatic rings. The van der Waals surface area contributed by atoms with E-state index in [0.717, 1.165) is 40.3 Å². The summed E-state index contributed by atoms with van der Waals surface area (Å²) in [5.41, 5.74) is 4.68. The van der Waals surface area contributed by atoms with Crippen LogP contribution < -0.4 is 4.90 Å². The number of halogens is 1. The van der Waals surface area contributed by atoms with Crippen molar-refractivity contribution >= 4 is 11.6 Å². The van der Waals surface area contributed by atoms with E-state index in [4.69, 9.17) is 4.52 Å². The van der Waals surface area contributed by atoms with E-state index in [9.17, 15) is 9.18 Å². The van der Waals surface area contributed by atoms with Gasteiger partial charge in [0.1, 0.15) is 5.82 Å². The van der Waals surface area contributed by atoms with Crippen molar-refractivity contribution in [1.82, 2.24) is 5.16 Å². The standard InChI is InChI=1S/C20H17FN2O2/c1-13-10-19(25-22-13)16-4-7-18-15(12-16)8-9-23(18)20(24)11-14-2-5-17(21)6-3-14/h2-7,10,12H,8-9,11H2,1H3. The van der Waals surface area contributed by atoms with Gasteiger partial charge >= 0.3 is 0 Å². The smallest absolute Gasteiger partial charge is 0.231 e. The first kappa shape index (κ1) is 15.6. The summed E-state index contributed by atoms with van der Waals surface area (Å²) in [7, 11) is 0. The second-order valence-electron chi connectivity index (χ2n) is 6.27. The molecule has 4 nitrogen and oxygen atoms in total. The first-order chi connectivity index (χ1) is 12.1. The van der Waals surface area contributed by atoms with Gasteiger partial charge in [0.05, 0.1) is 12.1 Å². The van der Waals surface area contributed by atoms with Gasteiger partial charge in [-0.15, -0.1) is 0 Å². The lowest BCUT2D eigenvalue weighted by Gasteiger charge is -2.17. The van der Waals surface area contributed by atoms with Crippen LogP contribution in [0.15, 0.2) is 53.1 Å². The maximum atomic E-state index is 13.0. The van der Waals surface area contributed by atoms with Crippen molar-refractivity contribution in [3.8, 4) is 11.3 Å². The summed E-state index contributed by atoms with van der Waals surface area (Å²) in [5.74, 6) is 0.461. The molecule has 0 radical (unpaired) electrons. The van der Waals surface area contributed by atoms with Gasteiger partial charge in [-0.1, -0.05) is 17.3 Å². The van der Waals surface area contributed by atoms with Crippen molar-refractivity contribution in [3.05, 3.63) is 71.2 Å². The summed E-state index contributed by atoms with van der Waals surface area (Å²) >= 11 is 0. The summed E-state index contributed by atoms with van der Waals surface area (Å²) < 4.78 is 18.3. The molecule has 0 unspecified atom stereocenters. The molecule has 0 aliphatic carbocycles. The van der Waals surface area contributed by atoms with Gasteiger partial charge in [-0.2, -0.15) is 0 Å². The zero-order valence-corrected chi connectivity index (χ0v) is 13.8. The van der Waals surface area contributed by atoms with Crippen LogP contribution in [0.4, 0.5) is 10.1 Å². The van der Waals surface area contributed by atoms with Crippen molar-refractivity contribution in [2.45, 2.75) is 19.8 Å². The normalized spacial score (nSPS) is 13.1. The highest BCUT2D eigenvalue weighted by Gasteiger charge is 2.25. The van der Waals surface area contributed by atoms with Crippen LogP contribution in [0.5, 0.6) is 0 Å². The van der Waals surface area contributed by atoms with Crippen molar-refractivity contribution < 1.29 is 13.7 Å². The second kappa shape index (κ2) is 6.16. The fourth-order valence-corrected chi connectivity index (χ4v) is 3.19. The first-order valence-electron chi connectivity index (χ1n) is 8.21. The third-order valence-corrected chi connectivity index (χ3v) is 4.46. The Bertz CT molecular complexity index is 931. The summed E-state index contributed by atoms with van der Waals surface area (Å²) in [4.78, 5) is 14.4. The molecule has 1 aromatic heterocycles. The highest BCUT2D eigenvalue weighted by atomic mass is 19.1. The number of rotatable bonds is 3. The predicted molar refractivity (Wildman–Crippen MR) is 92.8 cm³/mol. The Morgan fingerprint density at radius 3 is 2.72 bits per heavy atom. The monoisotopic (exact) mass is 336 g/mol. The van der Waals surface area contributed by atoms with Crippen molar-refractivity contribution in [3.63, 3.8) is 0 Å². The molecule has 0 saturated heterocycles. The number of aryl methyl sites for hydroxylation is 1. The largest absolute Gasteiger partial charge is 0.356 e. The molecule has 0 N–H and O–H groups in total. The van der Waals surface area contributed by atoms with E-state index in [1.54, 1.807) is 17.0 Å². The number of hydrogen-bond donors (Lipinski definition) is 0. The second-order valence-corrected chi connectivity index (χ2v) is 6.27. The van der Waals surface area contributed by atoms with E-state index < -0.39 is 0 Å². The Morgan fingerprint density at radius 1 is 1.20 bits per heavy atom. The van der Waals surface area contributed by atoms with E-state index in [1.165, 1.54) is 12.1 Å². The fourth-order valence-electron chi connectivity index (χ4n) is 3.19. The van der Waals surface area contributed by atoms with Gasteiger partial charge in [-0.25, -0.2) is 4.39 Å². The maximum absolute atomic E-state index is 13.0. The van der Waals surface area contributed by atoms with Gasteiger partial charge in [-0.05, 0) is 54.8 Å². The Morgan fingerprint density at radius 2 is 2.00 bits per heavy atom. The van der Waals surface area contributed by atoms with Crippen LogP contribution in [0.1, 0.15) is 16.8 Å². The zero-order chi connectivity index (χ0) is 17.4. The quantitative estimate of drug-likeness (QED) is 0.728. The molecule has 0 bridgehead atoms. The molecule has 5 heteroatoms. The molecule has 0 fully saturated rings. The molecule has 0 spiro atoms. The average molecular weight is 336 g/mol. The van der Waals surface area contributed by atoms with Gasteiger partial charge in [0, 0.05) is 23.9 Å². The van der Waals surface area contributed by atoms with Crippen LogP contribution in [-0.4, -0.2) is 17.6 Å². The first-order valence-corrected chi connectivity index (χ1v) is 8.21. The molecular weight excluding hydrogens is 319 g/mol. The van der Waals surface area contributed by atoms with Crippen LogP contribution in [0.2, 0.25) is 0 Å². The molecule has 0 atom stereocenters. The minimum absolute atomic E-state index is 0.0219. The maximum Gasteiger partial charge on any atom is 0.231 e. The van der Waals surface area contributed by atoms with E-state index in [2.05, 4.69) is 11.2 Å². The molecular formula is C20H17FN2O2. The Balaban J connectivity index is 1.55. The topological polar surface area (TPSA) is 46.3 Å². The SMILES string of the molecule is Cc1cc(-c2ccc3c(c2)CCN3C(=O)Cc2ccc(F)cc2)on1. The predicted octanol–water partition coefficient (Wildman–Crippen LogP) is 3.92. The molecule has 1 amide bonds. The summed E-state index contributed by atoms with van der Waals surface area (Å²) in [5, 5.41) is 3.92. The third-order valence-electron chi connectivity index (χ3n) is 4.46. The van der Waals surface area contributed by atoms with Crippen LogP contribution in [0.3, 0.4) is 0 Å². The summed E-state index contributed by atoms with van der Waals surface area (Å²) in [6.07, 6.45) is 1.08.